The Morgan fingerprint density at radius 1 is 1.33 bits per heavy atom. The number of hydrogen-bond acceptors (Lipinski definition) is 1. The van der Waals surface area contributed by atoms with Crippen molar-refractivity contribution >= 4 is 26.8 Å². The highest BCUT2D eigenvalue weighted by Crippen LogP contribution is 2.34. The summed E-state index contributed by atoms with van der Waals surface area (Å²) in [5, 5.41) is 1.18. The molecule has 1 N–H and O–H groups in total. The topological polar surface area (TPSA) is 25.0 Å². The van der Waals surface area contributed by atoms with Gasteiger partial charge in [-0.2, -0.15) is 0 Å². The van der Waals surface area contributed by atoms with Gasteiger partial charge in [0.15, 0.2) is 0 Å². The Kier molecular flexibility index (Phi) is 2.74. The van der Waals surface area contributed by atoms with Gasteiger partial charge in [-0.3, -0.25) is 0 Å². The van der Waals surface area contributed by atoms with Gasteiger partial charge in [0.05, 0.1) is 7.11 Å². The fourth-order valence-electron chi connectivity index (χ4n) is 1.68. The normalized spacial score (nSPS) is 11.3. The van der Waals surface area contributed by atoms with E-state index in [1.54, 1.807) is 7.11 Å². The van der Waals surface area contributed by atoms with Gasteiger partial charge in [0.1, 0.15) is 5.75 Å². The van der Waals surface area contributed by atoms with Crippen LogP contribution in [0.25, 0.3) is 10.9 Å². The second-order valence-corrected chi connectivity index (χ2v) is 4.71. The molecular weight excluding hydrogens is 254 g/mol. The van der Waals surface area contributed by atoms with E-state index in [0.717, 1.165) is 15.7 Å². The van der Waals surface area contributed by atoms with Gasteiger partial charge in [0.25, 0.3) is 0 Å². The zero-order chi connectivity index (χ0) is 11.0. The van der Waals surface area contributed by atoms with Crippen molar-refractivity contribution in [2.45, 2.75) is 19.8 Å². The molecule has 1 heterocycles. The second-order valence-electron chi connectivity index (χ2n) is 3.92. The summed E-state index contributed by atoms with van der Waals surface area (Å²) >= 11 is 3.63. The monoisotopic (exact) mass is 267 g/mol. The molecule has 0 bridgehead atoms. The molecule has 0 spiro atoms. The first kappa shape index (κ1) is 10.6. The van der Waals surface area contributed by atoms with Gasteiger partial charge in [-0.25, -0.2) is 0 Å². The van der Waals surface area contributed by atoms with Crippen LogP contribution in [0, 0.1) is 0 Å². The number of rotatable bonds is 2. The highest BCUT2D eigenvalue weighted by molar-refractivity contribution is 9.10. The Bertz CT molecular complexity index is 488. The summed E-state index contributed by atoms with van der Waals surface area (Å²) in [5.41, 5.74) is 2.38. The van der Waals surface area contributed by atoms with E-state index in [1.807, 2.05) is 18.2 Å². The van der Waals surface area contributed by atoms with E-state index in [1.165, 1.54) is 11.1 Å². The maximum absolute atomic E-state index is 5.21. The van der Waals surface area contributed by atoms with E-state index in [0.29, 0.717) is 5.92 Å². The number of ether oxygens (including phenoxy) is 1. The first-order valence-corrected chi connectivity index (χ1v) is 5.78. The third-order valence-corrected chi connectivity index (χ3v) is 3.40. The van der Waals surface area contributed by atoms with Crippen molar-refractivity contribution in [1.29, 1.82) is 0 Å². The molecule has 0 atom stereocenters. The molecule has 1 aromatic carbocycles. The number of halogens is 1. The molecule has 3 heteroatoms. The van der Waals surface area contributed by atoms with Crippen molar-refractivity contribution in [2.24, 2.45) is 0 Å². The molecule has 2 aromatic rings. The Labute approximate surface area is 97.8 Å². The average Bonchev–Trinajstić information content (AvgIpc) is 2.56. The summed E-state index contributed by atoms with van der Waals surface area (Å²) < 4.78 is 6.36. The van der Waals surface area contributed by atoms with E-state index >= 15 is 0 Å². The molecular formula is C12H14BrNO. The van der Waals surface area contributed by atoms with Crippen LogP contribution in [0.1, 0.15) is 25.5 Å². The summed E-state index contributed by atoms with van der Waals surface area (Å²) in [7, 11) is 1.69. The minimum atomic E-state index is 0.484. The van der Waals surface area contributed by atoms with Crippen LogP contribution in [0.2, 0.25) is 0 Å². The zero-order valence-corrected chi connectivity index (χ0v) is 10.7. The maximum atomic E-state index is 5.21. The number of fused-ring (bicyclic) bond motifs is 1. The lowest BCUT2D eigenvalue weighted by atomic mass is 10.1. The van der Waals surface area contributed by atoms with Gasteiger partial charge in [-0.1, -0.05) is 13.8 Å². The summed E-state index contributed by atoms with van der Waals surface area (Å²) in [6, 6.07) is 6.06. The van der Waals surface area contributed by atoms with Crippen LogP contribution in [0.15, 0.2) is 22.7 Å². The molecule has 0 fully saturated rings. The number of hydrogen-bond donors (Lipinski definition) is 1. The van der Waals surface area contributed by atoms with Crippen LogP contribution in [0.5, 0.6) is 5.75 Å². The van der Waals surface area contributed by atoms with E-state index in [9.17, 15) is 0 Å². The number of nitrogens with one attached hydrogen (secondary N) is 1. The Balaban J connectivity index is 2.66. The maximum Gasteiger partial charge on any atom is 0.119 e. The fraction of sp³-hybridized carbons (Fsp3) is 0.333. The molecule has 0 unspecified atom stereocenters. The number of aromatic nitrogens is 1. The summed E-state index contributed by atoms with van der Waals surface area (Å²) in [6.45, 7) is 4.35. The van der Waals surface area contributed by atoms with E-state index in [4.69, 9.17) is 4.74 Å². The van der Waals surface area contributed by atoms with E-state index < -0.39 is 0 Å². The molecule has 2 nitrogen and oxygen atoms in total. The lowest BCUT2D eigenvalue weighted by molar-refractivity contribution is 0.415. The van der Waals surface area contributed by atoms with Gasteiger partial charge in [0, 0.05) is 21.1 Å². The van der Waals surface area contributed by atoms with Crippen LogP contribution in [0.3, 0.4) is 0 Å². The van der Waals surface area contributed by atoms with Crippen LogP contribution < -0.4 is 4.74 Å². The van der Waals surface area contributed by atoms with Gasteiger partial charge in [-0.05, 0) is 40.0 Å². The fourth-order valence-corrected chi connectivity index (χ4v) is 2.57. The van der Waals surface area contributed by atoms with Gasteiger partial charge >= 0.3 is 0 Å². The first-order valence-electron chi connectivity index (χ1n) is 4.98. The van der Waals surface area contributed by atoms with Gasteiger partial charge < -0.3 is 9.72 Å². The standard InChI is InChI=1S/C12H14BrNO/c1-7(2)12-11(13)9-6-8(15-3)4-5-10(9)14-12/h4-7,14H,1-3H3. The van der Waals surface area contributed by atoms with E-state index in [-0.39, 0.29) is 0 Å². The average molecular weight is 268 g/mol. The summed E-state index contributed by atoms with van der Waals surface area (Å²) in [4.78, 5) is 3.41. The molecule has 2 rings (SSSR count). The molecule has 15 heavy (non-hydrogen) atoms. The molecule has 80 valence electrons. The number of methoxy groups -OCH3 is 1. The van der Waals surface area contributed by atoms with Crippen molar-refractivity contribution in [3.05, 3.63) is 28.4 Å². The minimum absolute atomic E-state index is 0.484. The summed E-state index contributed by atoms with van der Waals surface area (Å²) in [5.74, 6) is 1.37. The molecule has 0 aliphatic carbocycles. The highest BCUT2D eigenvalue weighted by Gasteiger charge is 2.12. The Hall–Kier alpha value is -0.960. The van der Waals surface area contributed by atoms with E-state index in [2.05, 4.69) is 34.8 Å². The molecule has 0 aliphatic rings. The lowest BCUT2D eigenvalue weighted by Crippen LogP contribution is -1.86. The number of H-pyrrole nitrogens is 1. The number of aromatic amines is 1. The van der Waals surface area contributed by atoms with Crippen molar-refractivity contribution in [2.75, 3.05) is 7.11 Å². The largest absolute Gasteiger partial charge is 0.497 e. The lowest BCUT2D eigenvalue weighted by Gasteiger charge is -2.01. The molecule has 1 aromatic heterocycles. The SMILES string of the molecule is COc1ccc2[nH]c(C(C)C)c(Br)c2c1. The molecule has 0 saturated carbocycles. The first-order chi connectivity index (χ1) is 7.13. The minimum Gasteiger partial charge on any atom is -0.497 e. The zero-order valence-electron chi connectivity index (χ0n) is 9.10. The third kappa shape index (κ3) is 1.76. The van der Waals surface area contributed by atoms with Crippen molar-refractivity contribution in [3.63, 3.8) is 0 Å². The Morgan fingerprint density at radius 3 is 2.67 bits per heavy atom. The van der Waals surface area contributed by atoms with Crippen LogP contribution in [0.4, 0.5) is 0 Å². The van der Waals surface area contributed by atoms with Crippen LogP contribution in [-0.2, 0) is 0 Å². The van der Waals surface area contributed by atoms with Gasteiger partial charge in [0.2, 0.25) is 0 Å². The number of benzene rings is 1. The van der Waals surface area contributed by atoms with Crippen molar-refractivity contribution in [1.82, 2.24) is 4.98 Å². The van der Waals surface area contributed by atoms with Crippen LogP contribution >= 0.6 is 15.9 Å². The van der Waals surface area contributed by atoms with Crippen molar-refractivity contribution in [3.8, 4) is 5.75 Å². The van der Waals surface area contributed by atoms with Crippen LogP contribution in [-0.4, -0.2) is 12.1 Å². The van der Waals surface area contributed by atoms with Gasteiger partial charge in [-0.15, -0.1) is 0 Å². The predicted octanol–water partition coefficient (Wildman–Crippen LogP) is 4.06. The summed E-state index contributed by atoms with van der Waals surface area (Å²) in [6.07, 6.45) is 0. The van der Waals surface area contributed by atoms with Crippen molar-refractivity contribution < 1.29 is 4.74 Å². The molecule has 0 saturated heterocycles. The Morgan fingerprint density at radius 2 is 2.07 bits per heavy atom. The molecule has 0 radical (unpaired) electrons. The smallest absolute Gasteiger partial charge is 0.119 e. The highest BCUT2D eigenvalue weighted by atomic mass is 79.9. The molecule has 0 amide bonds. The second kappa shape index (κ2) is 3.89. The third-order valence-electron chi connectivity index (χ3n) is 2.55. The quantitative estimate of drug-likeness (QED) is 0.872. The predicted molar refractivity (Wildman–Crippen MR) is 66.6 cm³/mol. The molecule has 0 aliphatic heterocycles.